The molecule has 0 unspecified atom stereocenters. The van der Waals surface area contributed by atoms with Gasteiger partial charge in [0.25, 0.3) is 5.56 Å². The molecule has 0 bridgehead atoms. The molecule has 0 spiro atoms. The molecule has 29 heavy (non-hydrogen) atoms. The van der Waals surface area contributed by atoms with E-state index in [1.54, 1.807) is 11.3 Å². The van der Waals surface area contributed by atoms with E-state index in [4.69, 9.17) is 5.73 Å². The zero-order valence-electron chi connectivity index (χ0n) is 16.5. The van der Waals surface area contributed by atoms with Gasteiger partial charge in [-0.25, -0.2) is 4.79 Å². The van der Waals surface area contributed by atoms with E-state index in [1.165, 1.54) is 11.6 Å². The van der Waals surface area contributed by atoms with Gasteiger partial charge in [-0.15, -0.1) is 11.3 Å². The van der Waals surface area contributed by atoms with E-state index >= 15 is 0 Å². The maximum absolute atomic E-state index is 13.0. The van der Waals surface area contributed by atoms with Gasteiger partial charge in [0.05, 0.1) is 4.88 Å². The van der Waals surface area contributed by atoms with Gasteiger partial charge in [0.15, 0.2) is 0 Å². The van der Waals surface area contributed by atoms with Crippen molar-refractivity contribution in [1.82, 2.24) is 9.13 Å². The fourth-order valence-corrected chi connectivity index (χ4v) is 4.21. The second kappa shape index (κ2) is 9.02. The van der Waals surface area contributed by atoms with Gasteiger partial charge in [-0.2, -0.15) is 0 Å². The highest BCUT2D eigenvalue weighted by atomic mass is 32.1. The van der Waals surface area contributed by atoms with E-state index in [0.717, 1.165) is 15.0 Å². The average molecular weight is 414 g/mol. The summed E-state index contributed by atoms with van der Waals surface area (Å²) in [5.74, 6) is -0.434. The highest BCUT2D eigenvalue weighted by Gasteiger charge is 2.25. The number of hydrogen-bond donors (Lipinski definition) is 2. The van der Waals surface area contributed by atoms with Crippen LogP contribution < -0.4 is 22.3 Å². The van der Waals surface area contributed by atoms with E-state index in [1.807, 2.05) is 60.1 Å². The predicted octanol–water partition coefficient (Wildman–Crippen LogP) is 1.14. The van der Waals surface area contributed by atoms with Crippen LogP contribution >= 0.6 is 11.3 Å². The Balaban J connectivity index is 1.92. The Morgan fingerprint density at radius 2 is 1.90 bits per heavy atom. The van der Waals surface area contributed by atoms with E-state index in [9.17, 15) is 14.4 Å². The summed E-state index contributed by atoms with van der Waals surface area (Å²) in [4.78, 5) is 39.0. The number of hydrogen-bond acceptors (Lipinski definition) is 5. The summed E-state index contributed by atoms with van der Waals surface area (Å²) in [6.07, 6.45) is 0.663. The largest absolute Gasteiger partial charge is 0.384 e. The Bertz CT molecular complexity index is 1100. The number of nitrogens with zero attached hydrogens (tertiary/aromatic N) is 2. The topological polar surface area (TPSA) is 104 Å². The molecule has 4 N–H and O–H groups in total. The number of ketones is 1. The predicted molar refractivity (Wildman–Crippen MR) is 114 cm³/mol. The van der Waals surface area contributed by atoms with Crippen molar-refractivity contribution in [3.63, 3.8) is 0 Å². The van der Waals surface area contributed by atoms with Gasteiger partial charge in [-0.3, -0.25) is 18.7 Å². The third-order valence-electron chi connectivity index (χ3n) is 4.86. The Labute approximate surface area is 172 Å². The van der Waals surface area contributed by atoms with Crippen molar-refractivity contribution in [1.29, 1.82) is 0 Å². The molecule has 3 rings (SSSR count). The third-order valence-corrected chi connectivity index (χ3v) is 5.81. The van der Waals surface area contributed by atoms with Crippen molar-refractivity contribution in [3.05, 3.63) is 84.7 Å². The number of carbonyl (C=O) groups is 1. The van der Waals surface area contributed by atoms with Crippen molar-refractivity contribution in [2.24, 2.45) is 7.05 Å². The van der Waals surface area contributed by atoms with E-state index in [0.29, 0.717) is 13.0 Å². The summed E-state index contributed by atoms with van der Waals surface area (Å²) in [6.45, 7) is 2.30. The van der Waals surface area contributed by atoms with Gasteiger partial charge < -0.3 is 11.1 Å². The van der Waals surface area contributed by atoms with Crippen LogP contribution in [0.5, 0.6) is 0 Å². The molecule has 0 saturated carbocycles. The summed E-state index contributed by atoms with van der Waals surface area (Å²) >= 11 is 1.61. The monoisotopic (exact) mass is 413 g/mol. The molecule has 2 aromatic heterocycles. The maximum Gasteiger partial charge on any atom is 0.332 e. The minimum Gasteiger partial charge on any atom is -0.384 e. The Kier molecular flexibility index (Phi) is 6.46. The molecule has 0 amide bonds. The number of nitrogens with two attached hydrogens (primary N) is 2. The Morgan fingerprint density at radius 1 is 1.17 bits per heavy atom. The van der Waals surface area contributed by atoms with Crippen LogP contribution in [0.25, 0.3) is 0 Å². The van der Waals surface area contributed by atoms with Crippen LogP contribution in [0.15, 0.2) is 57.4 Å². The fourth-order valence-electron chi connectivity index (χ4n) is 3.36. The lowest BCUT2D eigenvalue weighted by molar-refractivity contribution is -0.675. The lowest BCUT2D eigenvalue weighted by Crippen LogP contribution is -2.87. The summed E-state index contributed by atoms with van der Waals surface area (Å²) in [5, 5.41) is 3.90. The third kappa shape index (κ3) is 4.23. The number of aromatic nitrogens is 2. The molecule has 0 aliphatic rings. The van der Waals surface area contributed by atoms with Gasteiger partial charge >= 0.3 is 5.69 Å². The summed E-state index contributed by atoms with van der Waals surface area (Å²) in [5.41, 5.74) is 5.87. The molecule has 0 fully saturated rings. The van der Waals surface area contributed by atoms with Crippen LogP contribution in [0.3, 0.4) is 0 Å². The smallest absolute Gasteiger partial charge is 0.332 e. The van der Waals surface area contributed by atoms with E-state index < -0.39 is 11.2 Å². The second-order valence-corrected chi connectivity index (χ2v) is 7.80. The Hall–Kier alpha value is -2.97. The number of Topliss-reactive ketones (excluding diaryl/α,β-unsaturated/α-hetero) is 1. The quantitative estimate of drug-likeness (QED) is 0.540. The standard InChI is InChI=1S/C21H24N4O3S/c1-3-11-25-19(22)17(20(27)24(2)21(25)28)15(26)13-23-18(16-10-7-12-29-16)14-8-5-4-6-9-14/h4-10,12,18,23H,3,11,13,22H2,1-2H3/p+1/t18-/m1/s1. The average Bonchev–Trinajstić information content (AvgIpc) is 3.25. The van der Waals surface area contributed by atoms with Crippen molar-refractivity contribution < 1.29 is 10.1 Å². The summed E-state index contributed by atoms with van der Waals surface area (Å²) in [7, 11) is 1.37. The van der Waals surface area contributed by atoms with Crippen LogP contribution in [0.1, 0.15) is 40.2 Å². The lowest BCUT2D eigenvalue weighted by Gasteiger charge is -2.16. The van der Waals surface area contributed by atoms with Crippen molar-refractivity contribution in [2.45, 2.75) is 25.9 Å². The number of benzene rings is 1. The fraction of sp³-hybridized carbons (Fsp3) is 0.286. The van der Waals surface area contributed by atoms with Crippen molar-refractivity contribution in [3.8, 4) is 0 Å². The van der Waals surface area contributed by atoms with Gasteiger partial charge in [0.1, 0.15) is 24.0 Å². The normalized spacial score (nSPS) is 12.1. The maximum atomic E-state index is 13.0. The molecule has 0 aliphatic heterocycles. The first kappa shape index (κ1) is 20.8. The number of quaternary nitrogens is 1. The molecule has 1 aromatic carbocycles. The Morgan fingerprint density at radius 3 is 2.52 bits per heavy atom. The molecule has 152 valence electrons. The summed E-state index contributed by atoms with van der Waals surface area (Å²) < 4.78 is 2.25. The minimum absolute atomic E-state index is 0.0429. The summed E-state index contributed by atoms with van der Waals surface area (Å²) in [6, 6.07) is 13.8. The van der Waals surface area contributed by atoms with Gasteiger partial charge in [-0.05, 0) is 17.9 Å². The SMILES string of the molecule is CCCn1c(N)c(C(=O)C[NH2+][C@H](c2ccccc2)c2cccs2)c(=O)n(C)c1=O. The number of anilines is 1. The zero-order valence-corrected chi connectivity index (χ0v) is 17.3. The molecule has 2 heterocycles. The van der Waals surface area contributed by atoms with Crippen molar-refractivity contribution >= 4 is 22.9 Å². The molecular weight excluding hydrogens is 388 g/mol. The number of carbonyl (C=O) groups excluding carboxylic acids is 1. The molecule has 0 saturated heterocycles. The molecular formula is C21H25N4O3S+. The van der Waals surface area contributed by atoms with Crippen LogP contribution in [-0.2, 0) is 13.6 Å². The van der Waals surface area contributed by atoms with Crippen LogP contribution in [0, 0.1) is 0 Å². The zero-order chi connectivity index (χ0) is 21.0. The highest BCUT2D eigenvalue weighted by molar-refractivity contribution is 7.10. The highest BCUT2D eigenvalue weighted by Crippen LogP contribution is 2.22. The first-order valence-electron chi connectivity index (χ1n) is 9.49. The van der Waals surface area contributed by atoms with Crippen LogP contribution in [0.2, 0.25) is 0 Å². The molecule has 0 radical (unpaired) electrons. The van der Waals surface area contributed by atoms with Gasteiger partial charge in [-0.1, -0.05) is 43.3 Å². The molecule has 8 heteroatoms. The lowest BCUT2D eigenvalue weighted by atomic mass is 10.0. The first-order chi connectivity index (χ1) is 14.0. The van der Waals surface area contributed by atoms with Gasteiger partial charge in [0.2, 0.25) is 5.78 Å². The molecule has 0 aliphatic carbocycles. The molecule has 3 aromatic rings. The molecule has 1 atom stereocenters. The van der Waals surface area contributed by atoms with Crippen LogP contribution in [0.4, 0.5) is 5.82 Å². The van der Waals surface area contributed by atoms with Gasteiger partial charge in [0, 0.05) is 19.2 Å². The minimum atomic E-state index is -0.648. The number of thiophene rings is 1. The van der Waals surface area contributed by atoms with Crippen LogP contribution in [-0.4, -0.2) is 21.5 Å². The van der Waals surface area contributed by atoms with Crippen molar-refractivity contribution in [2.75, 3.05) is 12.3 Å². The van der Waals surface area contributed by atoms with E-state index in [-0.39, 0.29) is 29.8 Å². The first-order valence-corrected chi connectivity index (χ1v) is 10.4. The number of rotatable bonds is 8. The second-order valence-electron chi connectivity index (χ2n) is 6.83. The molecule has 7 nitrogen and oxygen atoms in total. The van der Waals surface area contributed by atoms with E-state index in [2.05, 4.69) is 0 Å². The number of nitrogen functional groups attached to an aromatic ring is 1.